The van der Waals surface area contributed by atoms with E-state index in [2.05, 4.69) is 5.32 Å². The van der Waals surface area contributed by atoms with E-state index in [4.69, 9.17) is 4.74 Å². The highest BCUT2D eigenvalue weighted by Gasteiger charge is 2.30. The van der Waals surface area contributed by atoms with Gasteiger partial charge in [0.15, 0.2) is 0 Å². The second kappa shape index (κ2) is 10.9. The number of nitrogens with zero attached hydrogens (tertiary/aromatic N) is 2. The van der Waals surface area contributed by atoms with E-state index in [9.17, 15) is 21.6 Å². The van der Waals surface area contributed by atoms with Crippen molar-refractivity contribution in [3.05, 3.63) is 78.9 Å². The van der Waals surface area contributed by atoms with Crippen molar-refractivity contribution in [3.8, 4) is 11.5 Å². The van der Waals surface area contributed by atoms with Gasteiger partial charge in [-0.3, -0.25) is 9.10 Å². The Bertz CT molecular complexity index is 1440. The number of hydrogen-bond donors (Lipinski definition) is 1. The molecule has 11 heteroatoms. The largest absolute Gasteiger partial charge is 0.457 e. The minimum Gasteiger partial charge on any atom is -0.457 e. The average molecular weight is 544 g/mol. The van der Waals surface area contributed by atoms with Crippen LogP contribution in [0, 0.1) is 0 Å². The van der Waals surface area contributed by atoms with Gasteiger partial charge in [0.25, 0.3) is 0 Å². The zero-order valence-corrected chi connectivity index (χ0v) is 22.2. The summed E-state index contributed by atoms with van der Waals surface area (Å²) < 4.78 is 58.9. The predicted octanol–water partition coefficient (Wildman–Crippen LogP) is 4.06. The van der Waals surface area contributed by atoms with Gasteiger partial charge in [-0.15, -0.1) is 0 Å². The maximum Gasteiger partial charge on any atom is 0.247 e. The molecule has 1 aliphatic heterocycles. The van der Waals surface area contributed by atoms with Crippen molar-refractivity contribution in [2.75, 3.05) is 29.0 Å². The van der Waals surface area contributed by atoms with Crippen molar-refractivity contribution in [1.29, 1.82) is 0 Å². The lowest BCUT2D eigenvalue weighted by molar-refractivity contribution is -0.116. The van der Waals surface area contributed by atoms with Gasteiger partial charge >= 0.3 is 0 Å². The quantitative estimate of drug-likeness (QED) is 0.436. The molecule has 1 saturated heterocycles. The average Bonchev–Trinajstić information content (AvgIpc) is 3.41. The fourth-order valence-corrected chi connectivity index (χ4v) is 6.82. The summed E-state index contributed by atoms with van der Waals surface area (Å²) in [5, 5.41) is 2.68. The Morgan fingerprint density at radius 1 is 0.865 bits per heavy atom. The van der Waals surface area contributed by atoms with Crippen LogP contribution in [0.5, 0.6) is 11.5 Å². The Hall–Kier alpha value is -3.41. The van der Waals surface area contributed by atoms with Crippen LogP contribution in [0.4, 0.5) is 11.4 Å². The SMILES string of the molecule is C[C@H](C(=O)Nc1ccc(S(=O)(=O)N2CCCC2)cc1)N(c1ccc(Oc2ccccc2)cc1)S(C)(=O)=O. The van der Waals surface area contributed by atoms with Gasteiger partial charge in [0.1, 0.15) is 17.5 Å². The number of nitrogens with one attached hydrogen (secondary N) is 1. The summed E-state index contributed by atoms with van der Waals surface area (Å²) in [5.41, 5.74) is 0.662. The fourth-order valence-electron chi connectivity index (χ4n) is 4.13. The number of para-hydroxylation sites is 1. The first-order valence-electron chi connectivity index (χ1n) is 11.8. The Morgan fingerprint density at radius 3 is 2.00 bits per heavy atom. The molecule has 1 fully saturated rings. The molecule has 9 nitrogen and oxygen atoms in total. The molecular formula is C26H29N3O6S2. The molecule has 0 bridgehead atoms. The highest BCUT2D eigenvalue weighted by molar-refractivity contribution is 7.92. The van der Waals surface area contributed by atoms with Gasteiger partial charge < -0.3 is 10.1 Å². The summed E-state index contributed by atoms with van der Waals surface area (Å²) in [6.07, 6.45) is 2.71. The third-order valence-corrected chi connectivity index (χ3v) is 9.14. The highest BCUT2D eigenvalue weighted by atomic mass is 32.2. The van der Waals surface area contributed by atoms with Gasteiger partial charge in [0.05, 0.1) is 16.8 Å². The number of hydrogen-bond acceptors (Lipinski definition) is 6. The van der Waals surface area contributed by atoms with E-state index in [0.717, 1.165) is 23.4 Å². The molecular weight excluding hydrogens is 514 g/mol. The minimum absolute atomic E-state index is 0.149. The Labute approximate surface area is 217 Å². The number of sulfonamides is 2. The molecule has 1 amide bonds. The second-order valence-corrected chi connectivity index (χ2v) is 12.6. The van der Waals surface area contributed by atoms with E-state index in [1.54, 1.807) is 36.4 Å². The van der Waals surface area contributed by atoms with Crippen molar-refractivity contribution in [3.63, 3.8) is 0 Å². The van der Waals surface area contributed by atoms with Crippen LogP contribution in [0.15, 0.2) is 83.8 Å². The topological polar surface area (TPSA) is 113 Å². The number of rotatable bonds is 9. The predicted molar refractivity (Wildman–Crippen MR) is 143 cm³/mol. The standard InChI is InChI=1S/C26H29N3O6S2/c1-20(26(30)27-21-10-16-25(17-11-21)37(33,34)28-18-6-7-19-28)29(36(2,31)32)22-12-14-24(15-13-22)35-23-8-4-3-5-9-23/h3-5,8-17,20H,6-7,18-19H2,1-2H3,(H,27,30)/t20-/m1/s1. The van der Waals surface area contributed by atoms with Crippen LogP contribution >= 0.6 is 0 Å². The van der Waals surface area contributed by atoms with Crippen molar-refractivity contribution >= 4 is 37.3 Å². The summed E-state index contributed by atoms with van der Waals surface area (Å²) in [7, 11) is -7.38. The molecule has 0 saturated carbocycles. The van der Waals surface area contributed by atoms with Crippen molar-refractivity contribution in [1.82, 2.24) is 4.31 Å². The second-order valence-electron chi connectivity index (χ2n) is 8.77. The lowest BCUT2D eigenvalue weighted by Crippen LogP contribution is -2.45. The first-order valence-corrected chi connectivity index (χ1v) is 15.1. The maximum atomic E-state index is 13.0. The number of benzene rings is 3. The highest BCUT2D eigenvalue weighted by Crippen LogP contribution is 2.28. The van der Waals surface area contributed by atoms with E-state index >= 15 is 0 Å². The molecule has 0 aromatic heterocycles. The van der Waals surface area contributed by atoms with Crippen LogP contribution in [0.3, 0.4) is 0 Å². The van der Waals surface area contributed by atoms with Crippen LogP contribution < -0.4 is 14.4 Å². The molecule has 0 unspecified atom stereocenters. The molecule has 1 heterocycles. The Balaban J connectivity index is 1.47. The van der Waals surface area contributed by atoms with E-state index in [0.29, 0.717) is 36.0 Å². The van der Waals surface area contributed by atoms with Crippen LogP contribution in [-0.4, -0.2) is 52.4 Å². The molecule has 1 aliphatic rings. The molecule has 4 rings (SSSR count). The number of ether oxygens (including phenoxy) is 1. The summed E-state index contributed by atoms with van der Waals surface area (Å²) in [6, 6.07) is 20.3. The van der Waals surface area contributed by atoms with Gasteiger partial charge in [-0.2, -0.15) is 4.31 Å². The van der Waals surface area contributed by atoms with Crippen LogP contribution in [0.25, 0.3) is 0 Å². The molecule has 0 aliphatic carbocycles. The number of anilines is 2. The van der Waals surface area contributed by atoms with Gasteiger partial charge in [-0.25, -0.2) is 16.8 Å². The Kier molecular flexibility index (Phi) is 7.86. The van der Waals surface area contributed by atoms with Crippen molar-refractivity contribution in [2.45, 2.75) is 30.7 Å². The molecule has 3 aromatic carbocycles. The molecule has 3 aromatic rings. The summed E-state index contributed by atoms with van der Waals surface area (Å²) in [6.45, 7) is 2.48. The maximum absolute atomic E-state index is 13.0. The third-order valence-electron chi connectivity index (χ3n) is 5.98. The number of carbonyl (C=O) groups is 1. The monoisotopic (exact) mass is 543 g/mol. The molecule has 37 heavy (non-hydrogen) atoms. The van der Waals surface area contributed by atoms with Crippen molar-refractivity contribution < 1.29 is 26.4 Å². The zero-order chi connectivity index (χ0) is 26.6. The van der Waals surface area contributed by atoms with E-state index in [-0.39, 0.29) is 4.90 Å². The van der Waals surface area contributed by atoms with E-state index in [1.807, 2.05) is 18.2 Å². The van der Waals surface area contributed by atoms with E-state index < -0.39 is 32.0 Å². The van der Waals surface area contributed by atoms with Crippen LogP contribution in [0.1, 0.15) is 19.8 Å². The third kappa shape index (κ3) is 6.30. The summed E-state index contributed by atoms with van der Waals surface area (Å²) in [5.74, 6) is 0.594. The smallest absolute Gasteiger partial charge is 0.247 e. The van der Waals surface area contributed by atoms with Crippen LogP contribution in [0.2, 0.25) is 0 Å². The number of carbonyl (C=O) groups excluding carboxylic acids is 1. The molecule has 0 spiro atoms. The van der Waals surface area contributed by atoms with E-state index in [1.165, 1.54) is 35.5 Å². The van der Waals surface area contributed by atoms with Gasteiger partial charge in [-0.1, -0.05) is 18.2 Å². The van der Waals surface area contributed by atoms with Crippen LogP contribution in [-0.2, 0) is 24.8 Å². The van der Waals surface area contributed by atoms with Gasteiger partial charge in [0, 0.05) is 18.8 Å². The van der Waals surface area contributed by atoms with Gasteiger partial charge in [-0.05, 0) is 80.4 Å². The molecule has 0 radical (unpaired) electrons. The minimum atomic E-state index is -3.81. The zero-order valence-electron chi connectivity index (χ0n) is 20.6. The first-order chi connectivity index (χ1) is 17.6. The summed E-state index contributed by atoms with van der Waals surface area (Å²) >= 11 is 0. The normalized spacial score (nSPS) is 15.2. The molecule has 1 N–H and O–H groups in total. The Morgan fingerprint density at radius 2 is 1.43 bits per heavy atom. The van der Waals surface area contributed by atoms with Crippen molar-refractivity contribution in [2.24, 2.45) is 0 Å². The molecule has 196 valence electrons. The summed E-state index contributed by atoms with van der Waals surface area (Å²) in [4.78, 5) is 13.2. The fraction of sp³-hybridized carbons (Fsp3) is 0.269. The molecule has 1 atom stereocenters. The number of amides is 1. The first kappa shape index (κ1) is 26.6. The van der Waals surface area contributed by atoms with Gasteiger partial charge in [0.2, 0.25) is 26.0 Å². The lowest BCUT2D eigenvalue weighted by Gasteiger charge is -2.28. The lowest BCUT2D eigenvalue weighted by atomic mass is 10.2.